The van der Waals surface area contributed by atoms with Gasteiger partial charge in [0, 0.05) is 22.9 Å². The van der Waals surface area contributed by atoms with E-state index in [4.69, 9.17) is 22.5 Å². The second-order valence-corrected chi connectivity index (χ2v) is 3.83. The topological polar surface area (TPSA) is 69.1 Å². The second kappa shape index (κ2) is 5.86. The minimum atomic E-state index is -0.267. The van der Waals surface area contributed by atoms with Crippen molar-refractivity contribution in [2.45, 2.75) is 6.42 Å². The highest BCUT2D eigenvalue weighted by Crippen LogP contribution is 2.21. The van der Waals surface area contributed by atoms with Crippen LogP contribution in [0.2, 0.25) is 0 Å². The number of allylic oxidation sites excluding steroid dienone is 4. The molecular weight excluding hydrogens is 260 g/mol. The molecule has 0 aromatic carbocycles. The van der Waals surface area contributed by atoms with Crippen molar-refractivity contribution >= 4 is 40.8 Å². The monoisotopic (exact) mass is 270 g/mol. The van der Waals surface area contributed by atoms with Gasteiger partial charge in [0.2, 0.25) is 11.5 Å². The quantitative estimate of drug-likeness (QED) is 0.672. The Morgan fingerprint density at radius 1 is 1.59 bits per heavy atom. The van der Waals surface area contributed by atoms with Gasteiger partial charge in [-0.3, -0.25) is 4.79 Å². The molecule has 1 aliphatic rings. The standard InChI is InChI=1S/C11H10N2O2S.ClH/c12-6-9(14)10-5-8(13-15-10)7-3-1-2-4-11(7)16;/h1-3,5H,4,6,12H2;1H. The van der Waals surface area contributed by atoms with Crippen molar-refractivity contribution in [3.8, 4) is 0 Å². The van der Waals surface area contributed by atoms with E-state index in [2.05, 4.69) is 5.16 Å². The minimum absolute atomic E-state index is 0. The molecule has 0 radical (unpaired) electrons. The predicted octanol–water partition coefficient (Wildman–Crippen LogP) is 1.95. The number of halogens is 1. The van der Waals surface area contributed by atoms with Gasteiger partial charge in [-0.1, -0.05) is 35.6 Å². The van der Waals surface area contributed by atoms with Gasteiger partial charge < -0.3 is 10.3 Å². The summed E-state index contributed by atoms with van der Waals surface area (Å²) >= 11 is 5.20. The van der Waals surface area contributed by atoms with Crippen LogP contribution in [0.1, 0.15) is 22.7 Å². The van der Waals surface area contributed by atoms with Crippen LogP contribution in [0.3, 0.4) is 0 Å². The first-order valence-electron chi connectivity index (χ1n) is 4.82. The summed E-state index contributed by atoms with van der Waals surface area (Å²) in [6.07, 6.45) is 6.46. The maximum Gasteiger partial charge on any atom is 0.214 e. The third-order valence-electron chi connectivity index (χ3n) is 2.25. The lowest BCUT2D eigenvalue weighted by atomic mass is 10.0. The summed E-state index contributed by atoms with van der Waals surface area (Å²) in [6, 6.07) is 1.58. The molecule has 0 fully saturated rings. The van der Waals surface area contributed by atoms with E-state index in [0.29, 0.717) is 12.1 Å². The smallest absolute Gasteiger partial charge is 0.214 e. The molecule has 0 aliphatic heterocycles. The summed E-state index contributed by atoms with van der Waals surface area (Å²) in [7, 11) is 0. The molecule has 0 amide bonds. The summed E-state index contributed by atoms with van der Waals surface area (Å²) < 4.78 is 4.91. The number of nitrogens with zero attached hydrogens (tertiary/aromatic N) is 1. The first kappa shape index (κ1) is 13.8. The van der Waals surface area contributed by atoms with Gasteiger partial charge in [-0.15, -0.1) is 12.4 Å². The molecule has 2 N–H and O–H groups in total. The Morgan fingerprint density at radius 3 is 3.00 bits per heavy atom. The molecule has 1 aromatic rings. The van der Waals surface area contributed by atoms with Gasteiger partial charge in [0.05, 0.1) is 6.54 Å². The van der Waals surface area contributed by atoms with E-state index in [1.54, 1.807) is 6.07 Å². The first-order chi connectivity index (χ1) is 7.72. The van der Waals surface area contributed by atoms with Gasteiger partial charge in [-0.25, -0.2) is 0 Å². The van der Waals surface area contributed by atoms with Crippen molar-refractivity contribution in [3.05, 3.63) is 35.7 Å². The van der Waals surface area contributed by atoms with E-state index in [1.807, 2.05) is 18.2 Å². The molecule has 1 aromatic heterocycles. The van der Waals surface area contributed by atoms with Gasteiger partial charge >= 0.3 is 0 Å². The maximum absolute atomic E-state index is 11.3. The molecule has 2 rings (SSSR count). The van der Waals surface area contributed by atoms with Gasteiger partial charge in [0.1, 0.15) is 5.69 Å². The minimum Gasteiger partial charge on any atom is -0.352 e. The fraction of sp³-hybridized carbons (Fsp3) is 0.182. The summed E-state index contributed by atoms with van der Waals surface area (Å²) in [5.74, 6) is -0.0904. The maximum atomic E-state index is 11.3. The molecular formula is C11H11ClN2O2S. The molecule has 1 aliphatic carbocycles. The largest absolute Gasteiger partial charge is 0.352 e. The van der Waals surface area contributed by atoms with E-state index < -0.39 is 0 Å². The Hall–Kier alpha value is -1.30. The zero-order valence-electron chi connectivity index (χ0n) is 8.88. The average Bonchev–Trinajstić information content (AvgIpc) is 2.78. The van der Waals surface area contributed by atoms with Crippen molar-refractivity contribution in [1.82, 2.24) is 5.16 Å². The van der Waals surface area contributed by atoms with Crippen LogP contribution >= 0.6 is 24.6 Å². The lowest BCUT2D eigenvalue weighted by Gasteiger charge is -2.05. The fourth-order valence-electron chi connectivity index (χ4n) is 1.40. The molecule has 0 spiro atoms. The van der Waals surface area contributed by atoms with Crippen LogP contribution in [0, 0.1) is 0 Å². The van der Waals surface area contributed by atoms with Crippen LogP contribution in [0.4, 0.5) is 0 Å². The van der Waals surface area contributed by atoms with Gasteiger partial charge in [0.25, 0.3) is 0 Å². The van der Waals surface area contributed by atoms with Crippen molar-refractivity contribution in [3.63, 3.8) is 0 Å². The van der Waals surface area contributed by atoms with Crippen LogP contribution in [-0.4, -0.2) is 22.3 Å². The summed E-state index contributed by atoms with van der Waals surface area (Å²) in [6.45, 7) is -0.0853. The van der Waals surface area contributed by atoms with Crippen LogP contribution < -0.4 is 5.73 Å². The van der Waals surface area contributed by atoms with E-state index in [-0.39, 0.29) is 30.5 Å². The summed E-state index contributed by atoms with van der Waals surface area (Å²) in [4.78, 5) is 12.1. The highest BCUT2D eigenvalue weighted by Gasteiger charge is 2.16. The number of carbonyl (C=O) groups is 1. The van der Waals surface area contributed by atoms with Crippen molar-refractivity contribution in [1.29, 1.82) is 0 Å². The van der Waals surface area contributed by atoms with Crippen molar-refractivity contribution < 1.29 is 9.32 Å². The molecule has 90 valence electrons. The molecule has 0 bridgehead atoms. The number of Topliss-reactive ketones (excluding diaryl/α,β-unsaturated/α-hetero) is 1. The molecule has 0 saturated carbocycles. The van der Waals surface area contributed by atoms with Crippen LogP contribution in [0.15, 0.2) is 28.8 Å². The molecule has 0 saturated heterocycles. The van der Waals surface area contributed by atoms with Crippen LogP contribution in [-0.2, 0) is 0 Å². The molecule has 0 atom stereocenters. The van der Waals surface area contributed by atoms with Gasteiger partial charge in [-0.05, 0) is 0 Å². The number of ketones is 1. The van der Waals surface area contributed by atoms with Crippen LogP contribution in [0.5, 0.6) is 0 Å². The number of thiocarbonyl (C=S) groups is 1. The number of hydrogen-bond donors (Lipinski definition) is 1. The Balaban J connectivity index is 0.00000144. The Morgan fingerprint density at radius 2 is 2.35 bits per heavy atom. The van der Waals surface area contributed by atoms with E-state index in [9.17, 15) is 4.79 Å². The number of nitrogens with two attached hydrogens (primary N) is 1. The van der Waals surface area contributed by atoms with Gasteiger partial charge in [-0.2, -0.15) is 0 Å². The van der Waals surface area contributed by atoms with Crippen LogP contribution in [0.25, 0.3) is 5.57 Å². The Kier molecular flexibility index (Phi) is 4.74. The zero-order valence-corrected chi connectivity index (χ0v) is 10.5. The number of hydrogen-bond acceptors (Lipinski definition) is 5. The second-order valence-electron chi connectivity index (χ2n) is 3.34. The molecule has 1 heterocycles. The fourth-order valence-corrected chi connectivity index (χ4v) is 1.67. The first-order valence-corrected chi connectivity index (χ1v) is 5.23. The lowest BCUT2D eigenvalue weighted by molar-refractivity contribution is 0.0966. The summed E-state index contributed by atoms with van der Waals surface area (Å²) in [5.41, 5.74) is 6.65. The van der Waals surface area contributed by atoms with E-state index in [0.717, 1.165) is 10.4 Å². The Bertz CT molecular complexity index is 505. The highest BCUT2D eigenvalue weighted by molar-refractivity contribution is 7.81. The van der Waals surface area contributed by atoms with Crippen molar-refractivity contribution in [2.24, 2.45) is 5.73 Å². The highest BCUT2D eigenvalue weighted by atomic mass is 35.5. The van der Waals surface area contributed by atoms with E-state index in [1.165, 1.54) is 0 Å². The average molecular weight is 271 g/mol. The van der Waals surface area contributed by atoms with Crippen molar-refractivity contribution in [2.75, 3.05) is 6.54 Å². The number of aromatic nitrogens is 1. The lowest BCUT2D eigenvalue weighted by Crippen LogP contribution is -2.12. The van der Waals surface area contributed by atoms with Gasteiger partial charge in [0.15, 0.2) is 0 Å². The molecule has 17 heavy (non-hydrogen) atoms. The molecule has 0 unspecified atom stereocenters. The van der Waals surface area contributed by atoms with E-state index >= 15 is 0 Å². The molecule has 6 heteroatoms. The number of carbonyl (C=O) groups excluding carboxylic acids is 1. The predicted molar refractivity (Wildman–Crippen MR) is 71.5 cm³/mol. The third kappa shape index (κ3) is 2.88. The molecule has 4 nitrogen and oxygen atoms in total. The summed E-state index contributed by atoms with van der Waals surface area (Å²) in [5, 5.41) is 3.82. The zero-order chi connectivity index (χ0) is 11.5. The third-order valence-corrected chi connectivity index (χ3v) is 2.64. The normalized spacial score (nSPS) is 14.2. The SMILES string of the molecule is Cl.NCC(=O)c1cc(C2=CC=CCC2=S)no1. The Labute approximate surface area is 110 Å². The number of rotatable bonds is 3.